The van der Waals surface area contributed by atoms with E-state index in [1.165, 1.54) is 23.5 Å². The number of carbonyl (C=O) groups is 2. The van der Waals surface area contributed by atoms with Crippen LogP contribution in [0.5, 0.6) is 0 Å². The number of thiophene rings is 1. The van der Waals surface area contributed by atoms with Crippen LogP contribution >= 0.6 is 22.9 Å². The highest BCUT2D eigenvalue weighted by atomic mass is 35.5. The Morgan fingerprint density at radius 2 is 1.79 bits per heavy atom. The van der Waals surface area contributed by atoms with Crippen LogP contribution in [-0.2, 0) is 16.0 Å². The molecule has 1 aromatic heterocycles. The Morgan fingerprint density at radius 1 is 1.10 bits per heavy atom. The number of ether oxygens (including phenoxy) is 1. The molecule has 4 nitrogen and oxygen atoms in total. The van der Waals surface area contributed by atoms with Crippen molar-refractivity contribution in [1.29, 1.82) is 0 Å². The van der Waals surface area contributed by atoms with E-state index >= 15 is 0 Å². The van der Waals surface area contributed by atoms with Crippen molar-refractivity contribution >= 4 is 39.8 Å². The zero-order valence-electron chi connectivity index (χ0n) is 15.7. The summed E-state index contributed by atoms with van der Waals surface area (Å²) in [5.74, 6) is -1.10. The summed E-state index contributed by atoms with van der Waals surface area (Å²) >= 11 is 7.11. The molecule has 1 heterocycles. The highest BCUT2D eigenvalue weighted by Crippen LogP contribution is 2.36. The maximum atomic E-state index is 13.3. The van der Waals surface area contributed by atoms with Gasteiger partial charge in [-0.25, -0.2) is 9.18 Å². The van der Waals surface area contributed by atoms with Gasteiger partial charge in [0.15, 0.2) is 0 Å². The summed E-state index contributed by atoms with van der Waals surface area (Å²) in [6, 6.07) is 13.1. The zero-order chi connectivity index (χ0) is 20.8. The quantitative estimate of drug-likeness (QED) is 0.470. The molecule has 0 bridgehead atoms. The first-order valence-corrected chi connectivity index (χ1v) is 10.3. The second-order valence-electron chi connectivity index (χ2n) is 6.26. The molecule has 3 aromatic rings. The Hall–Kier alpha value is -2.70. The van der Waals surface area contributed by atoms with Crippen LogP contribution in [0.1, 0.15) is 29.3 Å². The van der Waals surface area contributed by atoms with Gasteiger partial charge < -0.3 is 10.1 Å². The highest BCUT2D eigenvalue weighted by molar-refractivity contribution is 7.15. The first-order chi connectivity index (χ1) is 14.0. The van der Waals surface area contributed by atoms with Crippen LogP contribution < -0.4 is 5.32 Å². The summed E-state index contributed by atoms with van der Waals surface area (Å²) in [6.45, 7) is 1.92. The number of nitrogens with one attached hydrogen (secondary N) is 1. The maximum absolute atomic E-state index is 13.3. The molecule has 0 aliphatic carbocycles. The summed E-state index contributed by atoms with van der Waals surface area (Å²) in [4.78, 5) is 25.0. The molecule has 29 heavy (non-hydrogen) atoms. The van der Waals surface area contributed by atoms with Gasteiger partial charge in [0.1, 0.15) is 16.4 Å². The molecule has 0 unspecified atom stereocenters. The minimum Gasteiger partial charge on any atom is -0.462 e. The first kappa shape index (κ1) is 21.0. The smallest absolute Gasteiger partial charge is 0.341 e. The van der Waals surface area contributed by atoms with Crippen LogP contribution in [0.3, 0.4) is 0 Å². The van der Waals surface area contributed by atoms with E-state index in [9.17, 15) is 14.0 Å². The van der Waals surface area contributed by atoms with E-state index in [0.29, 0.717) is 27.6 Å². The first-order valence-electron chi connectivity index (χ1n) is 9.06. The second-order valence-corrected chi connectivity index (χ2v) is 7.57. The molecule has 0 saturated carbocycles. The second kappa shape index (κ2) is 9.67. The number of rotatable bonds is 7. The van der Waals surface area contributed by atoms with Crippen molar-refractivity contribution in [3.8, 4) is 11.1 Å². The summed E-state index contributed by atoms with van der Waals surface area (Å²) in [5, 5.41) is 5.63. The third-order valence-corrected chi connectivity index (χ3v) is 5.38. The lowest BCUT2D eigenvalue weighted by molar-refractivity contribution is -0.116. The Kier molecular flexibility index (Phi) is 7.01. The number of halogens is 2. The lowest BCUT2D eigenvalue weighted by Crippen LogP contribution is -2.15. The molecule has 0 atom stereocenters. The van der Waals surface area contributed by atoms with Crippen molar-refractivity contribution in [2.75, 3.05) is 11.9 Å². The predicted molar refractivity (Wildman–Crippen MR) is 114 cm³/mol. The van der Waals surface area contributed by atoms with Crippen molar-refractivity contribution < 1.29 is 18.7 Å². The Bertz CT molecular complexity index is 1000. The van der Waals surface area contributed by atoms with Crippen molar-refractivity contribution in [3.05, 3.63) is 75.9 Å². The van der Waals surface area contributed by atoms with Crippen LogP contribution in [0.25, 0.3) is 11.1 Å². The molecule has 0 radical (unpaired) electrons. The van der Waals surface area contributed by atoms with E-state index in [0.717, 1.165) is 5.56 Å². The van der Waals surface area contributed by atoms with E-state index < -0.39 is 5.97 Å². The summed E-state index contributed by atoms with van der Waals surface area (Å²) in [7, 11) is 0. The van der Waals surface area contributed by atoms with Crippen LogP contribution in [0.4, 0.5) is 9.39 Å². The van der Waals surface area contributed by atoms with Crippen molar-refractivity contribution in [1.82, 2.24) is 0 Å². The number of hydrogen-bond donors (Lipinski definition) is 1. The van der Waals surface area contributed by atoms with E-state index in [1.54, 1.807) is 36.6 Å². The van der Waals surface area contributed by atoms with Crippen molar-refractivity contribution in [3.63, 3.8) is 0 Å². The molecule has 0 saturated heterocycles. The van der Waals surface area contributed by atoms with Crippen LogP contribution in [-0.4, -0.2) is 18.5 Å². The predicted octanol–water partition coefficient (Wildman–Crippen LogP) is 5.96. The van der Waals surface area contributed by atoms with Gasteiger partial charge >= 0.3 is 5.97 Å². The van der Waals surface area contributed by atoms with Crippen LogP contribution in [0.15, 0.2) is 53.9 Å². The van der Waals surface area contributed by atoms with Gasteiger partial charge in [0, 0.05) is 22.4 Å². The van der Waals surface area contributed by atoms with Gasteiger partial charge in [0.2, 0.25) is 5.91 Å². The normalized spacial score (nSPS) is 10.6. The largest absolute Gasteiger partial charge is 0.462 e. The molecule has 2 aromatic carbocycles. The van der Waals surface area contributed by atoms with Gasteiger partial charge in [-0.3, -0.25) is 4.79 Å². The molecule has 150 valence electrons. The number of esters is 1. The van der Waals surface area contributed by atoms with Crippen LogP contribution in [0, 0.1) is 5.82 Å². The topological polar surface area (TPSA) is 55.4 Å². The third-order valence-electron chi connectivity index (χ3n) is 4.23. The Balaban J connectivity index is 1.78. The fraction of sp³-hybridized carbons (Fsp3) is 0.182. The van der Waals surface area contributed by atoms with E-state index in [1.807, 2.05) is 12.1 Å². The van der Waals surface area contributed by atoms with Gasteiger partial charge in [-0.2, -0.15) is 0 Å². The van der Waals surface area contributed by atoms with Crippen molar-refractivity contribution in [2.24, 2.45) is 0 Å². The minimum absolute atomic E-state index is 0.210. The van der Waals surface area contributed by atoms with E-state index in [2.05, 4.69) is 5.32 Å². The molecular formula is C22H19ClFNO3S. The summed E-state index contributed by atoms with van der Waals surface area (Å²) < 4.78 is 18.4. The Morgan fingerprint density at radius 3 is 2.45 bits per heavy atom. The molecule has 0 aliphatic heterocycles. The number of benzene rings is 2. The average molecular weight is 432 g/mol. The summed E-state index contributed by atoms with van der Waals surface area (Å²) in [6.07, 6.45) is 0.807. The van der Waals surface area contributed by atoms with Gasteiger partial charge in [0.25, 0.3) is 0 Å². The molecular weight excluding hydrogens is 413 g/mol. The zero-order valence-corrected chi connectivity index (χ0v) is 17.3. The molecule has 0 fully saturated rings. The fourth-order valence-corrected chi connectivity index (χ4v) is 3.90. The average Bonchev–Trinajstić information content (AvgIpc) is 3.12. The maximum Gasteiger partial charge on any atom is 0.341 e. The fourth-order valence-electron chi connectivity index (χ4n) is 2.80. The van der Waals surface area contributed by atoms with Gasteiger partial charge in [-0.15, -0.1) is 11.3 Å². The SMILES string of the molecule is CCOC(=O)c1c(-c2ccc(F)cc2)csc1NC(=O)CCc1ccc(Cl)cc1. The Labute approximate surface area is 177 Å². The standard InChI is InChI=1S/C22H19ClFNO3S/c1-2-28-22(27)20-18(15-6-10-17(24)11-7-15)13-29-21(20)25-19(26)12-5-14-3-8-16(23)9-4-14/h3-4,6-11,13H,2,5,12H2,1H3,(H,25,26). The molecule has 0 aliphatic rings. The van der Waals surface area contributed by atoms with E-state index in [-0.39, 0.29) is 30.3 Å². The molecule has 7 heteroatoms. The number of anilines is 1. The molecule has 1 N–H and O–H groups in total. The monoisotopic (exact) mass is 431 g/mol. The number of amides is 1. The van der Waals surface area contributed by atoms with Crippen LogP contribution in [0.2, 0.25) is 5.02 Å². The van der Waals surface area contributed by atoms with Gasteiger partial charge in [-0.1, -0.05) is 35.9 Å². The number of carbonyl (C=O) groups excluding carboxylic acids is 2. The molecule has 0 spiro atoms. The number of hydrogen-bond acceptors (Lipinski definition) is 4. The van der Waals surface area contributed by atoms with Gasteiger partial charge in [-0.05, 0) is 48.7 Å². The lowest BCUT2D eigenvalue weighted by atomic mass is 10.0. The number of aryl methyl sites for hydroxylation is 1. The summed E-state index contributed by atoms with van der Waals surface area (Å²) in [5.41, 5.74) is 2.55. The molecule has 1 amide bonds. The third kappa shape index (κ3) is 5.43. The van der Waals surface area contributed by atoms with Crippen molar-refractivity contribution in [2.45, 2.75) is 19.8 Å². The van der Waals surface area contributed by atoms with Gasteiger partial charge in [0.05, 0.1) is 6.61 Å². The van der Waals surface area contributed by atoms with E-state index in [4.69, 9.17) is 16.3 Å². The molecule has 3 rings (SSSR count). The minimum atomic E-state index is -0.527. The lowest BCUT2D eigenvalue weighted by Gasteiger charge is -2.09. The highest BCUT2D eigenvalue weighted by Gasteiger charge is 2.22.